The Labute approximate surface area is 124 Å². The summed E-state index contributed by atoms with van der Waals surface area (Å²) in [6, 6.07) is 3.06. The normalized spacial score (nSPS) is 31.0. The van der Waals surface area contributed by atoms with Gasteiger partial charge in [0.15, 0.2) is 0 Å². The molecule has 21 heavy (non-hydrogen) atoms. The standard InChI is InChI=1S/C13H20N2O5S/c1-15-13(11-5-3-7-19-11)12(9-20-15)21(16,17)14-8-10-4-2-6-18-10/h3,5,7,10,12-14H,2,4,6,8-9H2,1H3. The highest BCUT2D eigenvalue weighted by Crippen LogP contribution is 2.33. The quantitative estimate of drug-likeness (QED) is 0.860. The van der Waals surface area contributed by atoms with Gasteiger partial charge in [-0.1, -0.05) is 0 Å². The molecule has 2 aliphatic rings. The lowest BCUT2D eigenvalue weighted by Crippen LogP contribution is -2.42. The molecule has 7 nitrogen and oxygen atoms in total. The molecule has 3 rings (SSSR count). The number of rotatable bonds is 5. The smallest absolute Gasteiger partial charge is 0.219 e. The molecule has 0 spiro atoms. The Morgan fingerprint density at radius 2 is 2.33 bits per heavy atom. The monoisotopic (exact) mass is 316 g/mol. The van der Waals surface area contributed by atoms with Crippen LogP contribution >= 0.6 is 0 Å². The van der Waals surface area contributed by atoms with Gasteiger partial charge in [0.1, 0.15) is 17.1 Å². The van der Waals surface area contributed by atoms with E-state index in [-0.39, 0.29) is 12.7 Å². The van der Waals surface area contributed by atoms with Gasteiger partial charge in [-0.25, -0.2) is 13.1 Å². The summed E-state index contributed by atoms with van der Waals surface area (Å²) in [5, 5.41) is 0.837. The summed E-state index contributed by atoms with van der Waals surface area (Å²) in [6.07, 6.45) is 3.38. The fraction of sp³-hybridized carbons (Fsp3) is 0.692. The third-order valence-electron chi connectivity index (χ3n) is 3.96. The van der Waals surface area contributed by atoms with E-state index in [4.69, 9.17) is 14.0 Å². The fourth-order valence-electron chi connectivity index (χ4n) is 2.80. The van der Waals surface area contributed by atoms with Crippen molar-refractivity contribution in [3.63, 3.8) is 0 Å². The largest absolute Gasteiger partial charge is 0.468 e. The van der Waals surface area contributed by atoms with Crippen LogP contribution in [0.3, 0.4) is 0 Å². The topological polar surface area (TPSA) is 81.0 Å². The number of nitrogens with zero attached hydrogens (tertiary/aromatic N) is 1. The number of furan rings is 1. The van der Waals surface area contributed by atoms with Crippen molar-refractivity contribution in [1.82, 2.24) is 9.79 Å². The van der Waals surface area contributed by atoms with Crippen LogP contribution in [-0.2, 0) is 19.6 Å². The van der Waals surface area contributed by atoms with Crippen molar-refractivity contribution in [2.75, 3.05) is 26.8 Å². The number of sulfonamides is 1. The average molecular weight is 316 g/mol. The number of hydroxylamine groups is 2. The zero-order valence-electron chi connectivity index (χ0n) is 11.9. The molecule has 2 fully saturated rings. The first-order chi connectivity index (χ1) is 10.1. The van der Waals surface area contributed by atoms with Gasteiger partial charge in [0.05, 0.1) is 19.0 Å². The third-order valence-corrected chi connectivity index (χ3v) is 5.72. The predicted molar refractivity (Wildman–Crippen MR) is 74.8 cm³/mol. The van der Waals surface area contributed by atoms with Gasteiger partial charge in [-0.3, -0.25) is 4.84 Å². The minimum atomic E-state index is -3.51. The maximum Gasteiger partial charge on any atom is 0.219 e. The van der Waals surface area contributed by atoms with Gasteiger partial charge in [-0.05, 0) is 25.0 Å². The van der Waals surface area contributed by atoms with E-state index in [9.17, 15) is 8.42 Å². The molecule has 0 bridgehead atoms. The molecular weight excluding hydrogens is 296 g/mol. The molecule has 1 aromatic heterocycles. The molecular formula is C13H20N2O5S. The van der Waals surface area contributed by atoms with Crippen molar-refractivity contribution in [3.8, 4) is 0 Å². The highest BCUT2D eigenvalue weighted by molar-refractivity contribution is 7.90. The van der Waals surface area contributed by atoms with Crippen LogP contribution in [0.2, 0.25) is 0 Å². The molecule has 2 saturated heterocycles. The lowest BCUT2D eigenvalue weighted by atomic mass is 10.2. The maximum absolute atomic E-state index is 12.5. The Kier molecular flexibility index (Phi) is 4.32. The van der Waals surface area contributed by atoms with Crippen molar-refractivity contribution in [2.24, 2.45) is 0 Å². The molecule has 0 aromatic carbocycles. The second-order valence-electron chi connectivity index (χ2n) is 5.37. The molecule has 3 atom stereocenters. The lowest BCUT2D eigenvalue weighted by Gasteiger charge is -2.21. The minimum absolute atomic E-state index is 0.0260. The van der Waals surface area contributed by atoms with Crippen LogP contribution in [0.5, 0.6) is 0 Å². The van der Waals surface area contributed by atoms with E-state index in [1.54, 1.807) is 19.2 Å². The first-order valence-electron chi connectivity index (χ1n) is 7.07. The first-order valence-corrected chi connectivity index (χ1v) is 8.62. The Bertz CT molecular complexity index is 553. The number of ether oxygens (including phenoxy) is 1. The lowest BCUT2D eigenvalue weighted by molar-refractivity contribution is -0.113. The van der Waals surface area contributed by atoms with E-state index in [2.05, 4.69) is 4.72 Å². The van der Waals surface area contributed by atoms with Crippen LogP contribution in [0, 0.1) is 0 Å². The Balaban J connectivity index is 1.71. The van der Waals surface area contributed by atoms with Crippen molar-refractivity contribution in [3.05, 3.63) is 24.2 Å². The number of nitrogens with one attached hydrogen (secondary N) is 1. The van der Waals surface area contributed by atoms with Gasteiger partial charge >= 0.3 is 0 Å². The molecule has 0 aliphatic carbocycles. The second-order valence-corrected chi connectivity index (χ2v) is 7.35. The molecule has 0 saturated carbocycles. The van der Waals surface area contributed by atoms with E-state index < -0.39 is 21.3 Å². The second kappa shape index (κ2) is 6.05. The van der Waals surface area contributed by atoms with Gasteiger partial charge in [0.2, 0.25) is 10.0 Å². The average Bonchev–Trinajstić information content (AvgIpc) is 3.17. The fourth-order valence-corrected chi connectivity index (χ4v) is 4.32. The van der Waals surface area contributed by atoms with Gasteiger partial charge in [-0.15, -0.1) is 0 Å². The third kappa shape index (κ3) is 3.14. The number of hydrogen-bond donors (Lipinski definition) is 1. The molecule has 3 unspecified atom stereocenters. The summed E-state index contributed by atoms with van der Waals surface area (Å²) in [6.45, 7) is 1.13. The number of hydrogen-bond acceptors (Lipinski definition) is 6. The van der Waals surface area contributed by atoms with Crippen LogP contribution in [0.1, 0.15) is 24.6 Å². The Morgan fingerprint density at radius 3 is 3.00 bits per heavy atom. The van der Waals surface area contributed by atoms with E-state index in [0.29, 0.717) is 18.9 Å². The molecule has 0 amide bonds. The van der Waals surface area contributed by atoms with Gasteiger partial charge < -0.3 is 9.15 Å². The van der Waals surface area contributed by atoms with Gasteiger partial charge in [-0.2, -0.15) is 5.06 Å². The molecule has 8 heteroatoms. The minimum Gasteiger partial charge on any atom is -0.468 e. The van der Waals surface area contributed by atoms with Crippen molar-refractivity contribution in [1.29, 1.82) is 0 Å². The molecule has 1 aromatic rings. The maximum atomic E-state index is 12.5. The van der Waals surface area contributed by atoms with Crippen LogP contribution in [0.15, 0.2) is 22.8 Å². The first kappa shape index (κ1) is 15.0. The SMILES string of the molecule is CN1OCC(S(=O)(=O)NCC2CCCO2)C1c1ccco1. The summed E-state index contributed by atoms with van der Waals surface area (Å²) in [4.78, 5) is 5.38. The van der Waals surface area contributed by atoms with Crippen LogP contribution in [0.4, 0.5) is 0 Å². The highest BCUT2D eigenvalue weighted by Gasteiger charge is 2.44. The van der Waals surface area contributed by atoms with Crippen LogP contribution < -0.4 is 4.72 Å². The summed E-state index contributed by atoms with van der Waals surface area (Å²) in [5.41, 5.74) is 0. The predicted octanol–water partition coefficient (Wildman–Crippen LogP) is 0.665. The van der Waals surface area contributed by atoms with Crippen molar-refractivity contribution >= 4 is 10.0 Å². The molecule has 1 N–H and O–H groups in total. The Hall–Kier alpha value is -0.930. The molecule has 2 aliphatic heterocycles. The van der Waals surface area contributed by atoms with Crippen molar-refractivity contribution in [2.45, 2.75) is 30.2 Å². The molecule has 3 heterocycles. The summed E-state index contributed by atoms with van der Waals surface area (Å²) >= 11 is 0. The summed E-state index contributed by atoms with van der Waals surface area (Å²) < 4.78 is 38.5. The van der Waals surface area contributed by atoms with E-state index in [1.165, 1.54) is 11.3 Å². The molecule has 0 radical (unpaired) electrons. The highest BCUT2D eigenvalue weighted by atomic mass is 32.2. The summed E-state index contributed by atoms with van der Waals surface area (Å²) in [7, 11) is -1.80. The molecule has 118 valence electrons. The van der Waals surface area contributed by atoms with Crippen LogP contribution in [0.25, 0.3) is 0 Å². The summed E-state index contributed by atoms with van der Waals surface area (Å²) in [5.74, 6) is 0.586. The zero-order valence-corrected chi connectivity index (χ0v) is 12.7. The van der Waals surface area contributed by atoms with E-state index in [1.807, 2.05) is 0 Å². The van der Waals surface area contributed by atoms with E-state index >= 15 is 0 Å². The van der Waals surface area contributed by atoms with E-state index in [0.717, 1.165) is 12.8 Å². The van der Waals surface area contributed by atoms with Crippen LogP contribution in [-0.4, -0.2) is 51.6 Å². The Morgan fingerprint density at radius 1 is 1.48 bits per heavy atom. The van der Waals surface area contributed by atoms with Gasteiger partial charge in [0.25, 0.3) is 0 Å². The zero-order chi connectivity index (χ0) is 14.9. The van der Waals surface area contributed by atoms with Crippen molar-refractivity contribution < 1.29 is 22.4 Å². The van der Waals surface area contributed by atoms with Gasteiger partial charge in [0, 0.05) is 20.2 Å².